The molecule has 2 aromatic carbocycles. The summed E-state index contributed by atoms with van der Waals surface area (Å²) in [6, 6.07) is 16.9. The lowest BCUT2D eigenvalue weighted by molar-refractivity contribution is -0.139. The molecule has 9 heteroatoms. The molecule has 1 unspecified atom stereocenters. The van der Waals surface area contributed by atoms with Gasteiger partial charge in [0.2, 0.25) is 11.8 Å². The molecule has 8 nitrogen and oxygen atoms in total. The summed E-state index contributed by atoms with van der Waals surface area (Å²) in [5.41, 5.74) is 4.88. The highest BCUT2D eigenvalue weighted by molar-refractivity contribution is 6.30. The Morgan fingerprint density at radius 2 is 1.98 bits per heavy atom. The highest BCUT2D eigenvalue weighted by Gasteiger charge is 2.31. The quantitative estimate of drug-likeness (QED) is 0.387. The van der Waals surface area contributed by atoms with Gasteiger partial charge in [0.05, 0.1) is 31.2 Å². The summed E-state index contributed by atoms with van der Waals surface area (Å²) in [4.78, 5) is 45.3. The number of benzene rings is 2. The Kier molecular flexibility index (Phi) is 8.88. The number of pyridine rings is 1. The lowest BCUT2D eigenvalue weighted by Gasteiger charge is -2.24. The normalized spacial score (nSPS) is 20.7. The Bertz CT molecular complexity index is 1440. The molecule has 2 amide bonds. The monoisotopic (exact) mass is 574 g/mol. The van der Waals surface area contributed by atoms with E-state index in [-0.39, 0.29) is 42.1 Å². The van der Waals surface area contributed by atoms with Gasteiger partial charge in [0.1, 0.15) is 0 Å². The van der Waals surface area contributed by atoms with Crippen LogP contribution in [0.25, 0.3) is 11.1 Å². The number of nitrogens with one attached hydrogen (secondary N) is 2. The zero-order valence-electron chi connectivity index (χ0n) is 23.4. The second-order valence-electron chi connectivity index (χ2n) is 10.9. The molecule has 214 valence electrons. The molecule has 3 heterocycles. The van der Waals surface area contributed by atoms with E-state index in [2.05, 4.69) is 20.5 Å². The summed E-state index contributed by atoms with van der Waals surface area (Å²) in [7, 11) is 1.36. The zero-order valence-corrected chi connectivity index (χ0v) is 24.1. The number of aromatic nitrogens is 1. The molecule has 1 aromatic heterocycles. The number of halogens is 1. The Morgan fingerprint density at radius 1 is 1.12 bits per heavy atom. The van der Waals surface area contributed by atoms with Crippen LogP contribution < -0.4 is 15.5 Å². The van der Waals surface area contributed by atoms with Crippen molar-refractivity contribution in [2.75, 3.05) is 30.4 Å². The molecule has 2 bridgehead atoms. The van der Waals surface area contributed by atoms with Crippen LogP contribution in [0.1, 0.15) is 49.9 Å². The number of carbonyl (C=O) groups is 3. The summed E-state index contributed by atoms with van der Waals surface area (Å²) < 4.78 is 4.82. The van der Waals surface area contributed by atoms with Crippen molar-refractivity contribution in [1.82, 2.24) is 10.3 Å². The van der Waals surface area contributed by atoms with Crippen molar-refractivity contribution in [3.05, 3.63) is 77.1 Å². The van der Waals surface area contributed by atoms with E-state index < -0.39 is 0 Å². The van der Waals surface area contributed by atoms with E-state index in [1.807, 2.05) is 61.5 Å². The number of anilines is 2. The Morgan fingerprint density at radius 3 is 2.78 bits per heavy atom. The molecule has 3 atom stereocenters. The predicted octanol–water partition coefficient (Wildman–Crippen LogP) is 5.56. The summed E-state index contributed by atoms with van der Waals surface area (Å²) in [5.74, 6) is -0.783. The van der Waals surface area contributed by atoms with Crippen LogP contribution in [0, 0.1) is 11.8 Å². The lowest BCUT2D eigenvalue weighted by Crippen LogP contribution is -2.36. The minimum absolute atomic E-state index is 0.0115. The fraction of sp³-hybridized carbons (Fsp3) is 0.375. The molecule has 0 spiro atoms. The van der Waals surface area contributed by atoms with E-state index in [0.717, 1.165) is 47.5 Å². The van der Waals surface area contributed by atoms with Crippen molar-refractivity contribution >= 4 is 40.8 Å². The first kappa shape index (κ1) is 28.6. The molecule has 1 saturated heterocycles. The van der Waals surface area contributed by atoms with Crippen LogP contribution >= 0.6 is 11.6 Å². The maximum absolute atomic E-state index is 13.5. The number of amides is 2. The second kappa shape index (κ2) is 12.7. The molecule has 0 saturated carbocycles. The molecule has 2 aliphatic heterocycles. The molecule has 2 aliphatic rings. The van der Waals surface area contributed by atoms with Gasteiger partial charge in [-0.3, -0.25) is 19.4 Å². The topological polar surface area (TPSA) is 101 Å². The van der Waals surface area contributed by atoms with Crippen LogP contribution in [0.4, 0.5) is 11.4 Å². The number of fused-ring (bicyclic) bond motifs is 4. The number of methoxy groups -OCH3 is 1. The average molecular weight is 575 g/mol. The number of nitrogens with zero attached hydrogens (tertiary/aromatic N) is 2. The van der Waals surface area contributed by atoms with Crippen molar-refractivity contribution in [1.29, 1.82) is 0 Å². The highest BCUT2D eigenvalue weighted by atomic mass is 35.5. The number of rotatable bonds is 5. The van der Waals surface area contributed by atoms with Gasteiger partial charge in [0.25, 0.3) is 0 Å². The Labute approximate surface area is 245 Å². The first-order chi connectivity index (χ1) is 19.8. The van der Waals surface area contributed by atoms with E-state index >= 15 is 0 Å². The van der Waals surface area contributed by atoms with Crippen LogP contribution in [0.5, 0.6) is 0 Å². The van der Waals surface area contributed by atoms with Gasteiger partial charge in [-0.2, -0.15) is 0 Å². The van der Waals surface area contributed by atoms with E-state index in [0.29, 0.717) is 30.1 Å². The number of carbonyl (C=O) groups excluding carboxylic acids is 3. The summed E-state index contributed by atoms with van der Waals surface area (Å²) in [6.07, 6.45) is 4.71. The summed E-state index contributed by atoms with van der Waals surface area (Å²) >= 11 is 6.19. The fourth-order valence-corrected chi connectivity index (χ4v) is 5.77. The first-order valence-electron chi connectivity index (χ1n) is 14.1. The van der Waals surface area contributed by atoms with Gasteiger partial charge in [-0.1, -0.05) is 43.1 Å². The molecule has 3 aromatic rings. The maximum atomic E-state index is 13.5. The fourth-order valence-electron chi connectivity index (χ4n) is 5.58. The van der Waals surface area contributed by atoms with Gasteiger partial charge in [0.15, 0.2) is 0 Å². The average Bonchev–Trinajstić information content (AvgIpc) is 3.47. The van der Waals surface area contributed by atoms with Crippen LogP contribution in [-0.4, -0.2) is 43.0 Å². The van der Waals surface area contributed by atoms with Gasteiger partial charge in [-0.25, -0.2) is 0 Å². The van der Waals surface area contributed by atoms with Crippen molar-refractivity contribution in [3.63, 3.8) is 0 Å². The smallest absolute Gasteiger partial charge is 0.309 e. The Hall–Kier alpha value is -3.91. The lowest BCUT2D eigenvalue weighted by atomic mass is 9.94. The van der Waals surface area contributed by atoms with Gasteiger partial charge < -0.3 is 20.3 Å². The van der Waals surface area contributed by atoms with Gasteiger partial charge in [-0.15, -0.1) is 0 Å². The molecule has 2 N–H and O–H groups in total. The zero-order chi connectivity index (χ0) is 28.9. The standard InChI is InChI=1S/C32H35ClN4O4/c1-20-5-3-8-27(35-32(40)23-12-14-37(19-23)25-7-4-6-24(33)18-25)29-17-22(11-13-34-29)26-10-9-21(16-30(38)41-2)15-28(26)36-31(20)39/h4,6-7,9-11,13,15,17-18,20,23,27H,3,5,8,12,14,16,19H2,1-2H3,(H,35,40)(H,36,39)/t20-,23?,27+/m1/s1. The molecule has 41 heavy (non-hydrogen) atoms. The Balaban J connectivity index is 1.40. The van der Waals surface area contributed by atoms with Gasteiger partial charge in [0, 0.05) is 47.2 Å². The van der Waals surface area contributed by atoms with Crippen molar-refractivity contribution < 1.29 is 19.1 Å². The number of hydrogen-bond acceptors (Lipinski definition) is 6. The van der Waals surface area contributed by atoms with E-state index in [1.165, 1.54) is 7.11 Å². The number of hydrogen-bond donors (Lipinski definition) is 2. The van der Waals surface area contributed by atoms with E-state index in [1.54, 1.807) is 6.20 Å². The number of esters is 1. The van der Waals surface area contributed by atoms with Crippen LogP contribution in [0.15, 0.2) is 60.8 Å². The molecular formula is C32H35ClN4O4. The molecule has 0 radical (unpaired) electrons. The van der Waals surface area contributed by atoms with Crippen molar-refractivity contribution in [2.45, 2.75) is 45.1 Å². The largest absolute Gasteiger partial charge is 0.469 e. The highest BCUT2D eigenvalue weighted by Crippen LogP contribution is 2.33. The van der Waals surface area contributed by atoms with Crippen LogP contribution in [0.3, 0.4) is 0 Å². The van der Waals surface area contributed by atoms with Crippen molar-refractivity contribution in [3.8, 4) is 11.1 Å². The number of ether oxygens (including phenoxy) is 1. The first-order valence-corrected chi connectivity index (χ1v) is 14.5. The molecule has 1 fully saturated rings. The minimum atomic E-state index is -0.347. The molecule has 5 rings (SSSR count). The third kappa shape index (κ3) is 6.88. The van der Waals surface area contributed by atoms with E-state index in [4.69, 9.17) is 16.3 Å². The van der Waals surface area contributed by atoms with Gasteiger partial charge in [-0.05, 0) is 66.8 Å². The minimum Gasteiger partial charge on any atom is -0.469 e. The second-order valence-corrected chi connectivity index (χ2v) is 11.3. The SMILES string of the molecule is COC(=O)Cc1ccc2c(c1)NC(=O)[C@H](C)CCC[C@H](NC(=O)C1CCN(c3cccc(Cl)c3)C1)c1cc-2ccn1. The third-order valence-electron chi connectivity index (χ3n) is 7.99. The predicted molar refractivity (Wildman–Crippen MR) is 160 cm³/mol. The van der Waals surface area contributed by atoms with Crippen LogP contribution in [0.2, 0.25) is 5.02 Å². The van der Waals surface area contributed by atoms with E-state index in [9.17, 15) is 14.4 Å². The summed E-state index contributed by atoms with van der Waals surface area (Å²) in [5, 5.41) is 7.04. The molecule has 0 aliphatic carbocycles. The van der Waals surface area contributed by atoms with Gasteiger partial charge >= 0.3 is 5.97 Å². The third-order valence-corrected chi connectivity index (χ3v) is 8.23. The van der Waals surface area contributed by atoms with Crippen molar-refractivity contribution in [2.24, 2.45) is 11.8 Å². The molecular weight excluding hydrogens is 540 g/mol. The maximum Gasteiger partial charge on any atom is 0.309 e. The van der Waals surface area contributed by atoms with Crippen LogP contribution in [-0.2, 0) is 25.5 Å². The summed E-state index contributed by atoms with van der Waals surface area (Å²) in [6.45, 7) is 3.33.